The van der Waals surface area contributed by atoms with Crippen LogP contribution >= 0.6 is 0 Å². The molecule has 0 radical (unpaired) electrons. The van der Waals surface area contributed by atoms with E-state index in [9.17, 15) is 0 Å². The molecule has 2 aliphatic rings. The zero-order valence-electron chi connectivity index (χ0n) is 15.2. The van der Waals surface area contributed by atoms with Crippen molar-refractivity contribution in [3.63, 3.8) is 0 Å². The highest BCUT2D eigenvalue weighted by Crippen LogP contribution is 2.32. The molecule has 1 saturated heterocycles. The second-order valence-corrected chi connectivity index (χ2v) is 7.04. The Kier molecular flexibility index (Phi) is 6.02. The van der Waals surface area contributed by atoms with Crippen molar-refractivity contribution in [1.82, 2.24) is 0 Å². The van der Waals surface area contributed by atoms with Gasteiger partial charge >= 0.3 is 0 Å². The molecule has 0 bridgehead atoms. The maximum atomic E-state index is 6.08. The highest BCUT2D eigenvalue weighted by molar-refractivity contribution is 5.92. The molecule has 6 heteroatoms. The van der Waals surface area contributed by atoms with Gasteiger partial charge < -0.3 is 25.3 Å². The maximum absolute atomic E-state index is 6.08. The molecule has 25 heavy (non-hydrogen) atoms. The molecule has 1 aromatic carbocycles. The van der Waals surface area contributed by atoms with Gasteiger partial charge in [0.25, 0.3) is 0 Å². The quantitative estimate of drug-likeness (QED) is 0.646. The Hall–Kier alpha value is -1.95. The number of anilines is 1. The van der Waals surface area contributed by atoms with Gasteiger partial charge in [0, 0.05) is 37.2 Å². The van der Waals surface area contributed by atoms with E-state index in [0.717, 1.165) is 43.1 Å². The fourth-order valence-corrected chi connectivity index (χ4v) is 3.44. The van der Waals surface area contributed by atoms with Crippen molar-refractivity contribution < 1.29 is 14.2 Å². The van der Waals surface area contributed by atoms with Crippen LogP contribution in [0.3, 0.4) is 0 Å². The van der Waals surface area contributed by atoms with Crippen molar-refractivity contribution in [2.45, 2.75) is 39.2 Å². The predicted octanol–water partition coefficient (Wildman–Crippen LogP) is 3.03. The number of nitrogens with one attached hydrogen (secondary N) is 1. The molecule has 2 aliphatic heterocycles. The summed E-state index contributed by atoms with van der Waals surface area (Å²) in [6.45, 7) is 7.29. The number of nitrogens with zero attached hydrogens (tertiary/aromatic N) is 1. The first-order valence-corrected chi connectivity index (χ1v) is 9.21. The molecule has 2 atom stereocenters. The molecule has 3 N–H and O–H groups in total. The first-order chi connectivity index (χ1) is 12.1. The normalized spacial score (nSPS) is 24.0. The van der Waals surface area contributed by atoms with Gasteiger partial charge in [-0.2, -0.15) is 0 Å². The SMILES string of the molecule is CC(C)C1OCCCC1CN=C(N)Nc1ccc2c(c1)OCCCO2. The van der Waals surface area contributed by atoms with Crippen LogP contribution in [0.2, 0.25) is 0 Å². The number of guanidine groups is 1. The summed E-state index contributed by atoms with van der Waals surface area (Å²) in [6.07, 6.45) is 3.40. The average molecular weight is 347 g/mol. The van der Waals surface area contributed by atoms with Gasteiger partial charge in [-0.3, -0.25) is 4.99 Å². The van der Waals surface area contributed by atoms with Crippen LogP contribution in [0.1, 0.15) is 33.1 Å². The molecule has 0 spiro atoms. The lowest BCUT2D eigenvalue weighted by Crippen LogP contribution is -2.36. The second-order valence-electron chi connectivity index (χ2n) is 7.04. The summed E-state index contributed by atoms with van der Waals surface area (Å²) >= 11 is 0. The Labute approximate surface area is 149 Å². The summed E-state index contributed by atoms with van der Waals surface area (Å²) in [5, 5.41) is 3.15. The predicted molar refractivity (Wildman–Crippen MR) is 99.5 cm³/mol. The minimum absolute atomic E-state index is 0.267. The Balaban J connectivity index is 1.60. The third-order valence-electron chi connectivity index (χ3n) is 4.67. The monoisotopic (exact) mass is 347 g/mol. The minimum Gasteiger partial charge on any atom is -0.490 e. The fraction of sp³-hybridized carbons (Fsp3) is 0.632. The van der Waals surface area contributed by atoms with E-state index < -0.39 is 0 Å². The van der Waals surface area contributed by atoms with Crippen LogP contribution in [0.15, 0.2) is 23.2 Å². The molecule has 0 saturated carbocycles. The largest absolute Gasteiger partial charge is 0.490 e. The fourth-order valence-electron chi connectivity index (χ4n) is 3.44. The van der Waals surface area contributed by atoms with Gasteiger partial charge in [-0.15, -0.1) is 0 Å². The second kappa shape index (κ2) is 8.43. The zero-order chi connectivity index (χ0) is 17.6. The van der Waals surface area contributed by atoms with Gasteiger partial charge in [-0.1, -0.05) is 13.8 Å². The molecule has 0 aliphatic carbocycles. The maximum Gasteiger partial charge on any atom is 0.193 e. The molecular formula is C19H29N3O3. The number of rotatable bonds is 4. The van der Waals surface area contributed by atoms with Crippen LogP contribution in [0, 0.1) is 11.8 Å². The number of ether oxygens (including phenoxy) is 3. The molecule has 0 aromatic heterocycles. The molecule has 138 valence electrons. The Morgan fingerprint density at radius 3 is 2.80 bits per heavy atom. The Morgan fingerprint density at radius 2 is 2.00 bits per heavy atom. The first kappa shape index (κ1) is 17.9. The van der Waals surface area contributed by atoms with Crippen molar-refractivity contribution in [1.29, 1.82) is 0 Å². The van der Waals surface area contributed by atoms with Crippen molar-refractivity contribution in [3.8, 4) is 11.5 Å². The van der Waals surface area contributed by atoms with Crippen LogP contribution in [0.25, 0.3) is 0 Å². The van der Waals surface area contributed by atoms with Crippen LogP contribution in [0.4, 0.5) is 5.69 Å². The van der Waals surface area contributed by atoms with E-state index in [4.69, 9.17) is 19.9 Å². The molecule has 1 aromatic rings. The van der Waals surface area contributed by atoms with Gasteiger partial charge in [0.15, 0.2) is 17.5 Å². The number of fused-ring (bicyclic) bond motifs is 1. The number of nitrogens with two attached hydrogens (primary N) is 1. The van der Waals surface area contributed by atoms with Crippen molar-refractivity contribution in [2.24, 2.45) is 22.6 Å². The summed E-state index contributed by atoms with van der Waals surface area (Å²) in [5.41, 5.74) is 6.93. The van der Waals surface area contributed by atoms with Crippen molar-refractivity contribution >= 4 is 11.6 Å². The molecule has 3 rings (SSSR count). The summed E-state index contributed by atoms with van der Waals surface area (Å²) in [4.78, 5) is 4.54. The van der Waals surface area contributed by atoms with Crippen LogP contribution in [-0.4, -0.2) is 38.4 Å². The van der Waals surface area contributed by atoms with Crippen LogP contribution < -0.4 is 20.5 Å². The lowest BCUT2D eigenvalue weighted by molar-refractivity contribution is -0.0491. The highest BCUT2D eigenvalue weighted by Gasteiger charge is 2.28. The topological polar surface area (TPSA) is 78.1 Å². The van der Waals surface area contributed by atoms with Crippen LogP contribution in [0.5, 0.6) is 11.5 Å². The molecule has 2 unspecified atom stereocenters. The zero-order valence-corrected chi connectivity index (χ0v) is 15.2. The third kappa shape index (κ3) is 4.78. The molecule has 1 fully saturated rings. The standard InChI is InChI=1S/C19H29N3O3/c1-13(2)18-14(5-3-8-25-18)12-21-19(20)22-15-6-7-16-17(11-15)24-10-4-9-23-16/h6-7,11,13-14,18H,3-5,8-10,12H2,1-2H3,(H3,20,21,22). The van der Waals surface area contributed by atoms with Crippen LogP contribution in [-0.2, 0) is 4.74 Å². The first-order valence-electron chi connectivity index (χ1n) is 9.21. The molecule has 6 nitrogen and oxygen atoms in total. The summed E-state index contributed by atoms with van der Waals surface area (Å²) < 4.78 is 17.3. The number of hydrogen-bond donors (Lipinski definition) is 2. The van der Waals surface area contributed by atoms with Gasteiger partial charge in [0.2, 0.25) is 0 Å². The summed E-state index contributed by atoms with van der Waals surface area (Å²) in [7, 11) is 0. The van der Waals surface area contributed by atoms with Crippen molar-refractivity contribution in [3.05, 3.63) is 18.2 Å². The number of hydrogen-bond acceptors (Lipinski definition) is 4. The van der Waals surface area contributed by atoms with Gasteiger partial charge in [-0.05, 0) is 30.9 Å². The smallest absolute Gasteiger partial charge is 0.193 e. The minimum atomic E-state index is 0.267. The van der Waals surface area contributed by atoms with E-state index in [0.29, 0.717) is 37.6 Å². The Bertz CT molecular complexity index is 604. The van der Waals surface area contributed by atoms with Crippen molar-refractivity contribution in [2.75, 3.05) is 31.7 Å². The molecular weight excluding hydrogens is 318 g/mol. The lowest BCUT2D eigenvalue weighted by atomic mass is 9.87. The lowest BCUT2D eigenvalue weighted by Gasteiger charge is -2.33. The Morgan fingerprint density at radius 1 is 1.20 bits per heavy atom. The van der Waals surface area contributed by atoms with E-state index in [1.165, 1.54) is 0 Å². The van der Waals surface area contributed by atoms with E-state index in [1.807, 2.05) is 18.2 Å². The average Bonchev–Trinajstić information content (AvgIpc) is 2.85. The van der Waals surface area contributed by atoms with E-state index in [2.05, 4.69) is 24.2 Å². The number of aliphatic imine (C=N–C) groups is 1. The van der Waals surface area contributed by atoms with E-state index in [1.54, 1.807) is 0 Å². The summed E-state index contributed by atoms with van der Waals surface area (Å²) in [6, 6.07) is 5.74. The number of benzene rings is 1. The molecule has 2 heterocycles. The third-order valence-corrected chi connectivity index (χ3v) is 4.67. The highest BCUT2D eigenvalue weighted by atomic mass is 16.5. The van der Waals surface area contributed by atoms with Gasteiger partial charge in [-0.25, -0.2) is 0 Å². The molecule has 0 amide bonds. The van der Waals surface area contributed by atoms with E-state index >= 15 is 0 Å². The van der Waals surface area contributed by atoms with E-state index in [-0.39, 0.29) is 6.10 Å². The van der Waals surface area contributed by atoms with Gasteiger partial charge in [0.1, 0.15) is 0 Å². The van der Waals surface area contributed by atoms with Gasteiger partial charge in [0.05, 0.1) is 19.3 Å². The summed E-state index contributed by atoms with van der Waals surface area (Å²) in [5.74, 6) is 2.87.